The predicted octanol–water partition coefficient (Wildman–Crippen LogP) is 4.41. The maximum atomic E-state index is 14.7. The Morgan fingerprint density at radius 1 is 1.00 bits per heavy atom. The van der Waals surface area contributed by atoms with Crippen LogP contribution < -0.4 is 26.6 Å². The van der Waals surface area contributed by atoms with Crippen LogP contribution in [0.2, 0.25) is 0 Å². The second-order valence-corrected chi connectivity index (χ2v) is 15.7. The molecular formula is C37H62N6O6. The van der Waals surface area contributed by atoms with Gasteiger partial charge in [-0.05, 0) is 54.8 Å². The number of hydrogen-bond acceptors (Lipinski definition) is 7. The number of amides is 5. The highest BCUT2D eigenvalue weighted by atomic mass is 16.5. The molecular weight excluding hydrogens is 624 g/mol. The van der Waals surface area contributed by atoms with E-state index in [1.54, 1.807) is 6.92 Å². The zero-order valence-electron chi connectivity index (χ0n) is 30.9. The quantitative estimate of drug-likeness (QED) is 0.112. The lowest BCUT2D eigenvalue weighted by atomic mass is 9.83. The Hall–Kier alpha value is -3.57. The maximum absolute atomic E-state index is 14.7. The molecule has 12 heteroatoms. The van der Waals surface area contributed by atoms with Gasteiger partial charge in [0.05, 0.1) is 18.1 Å². The molecule has 5 amide bonds. The van der Waals surface area contributed by atoms with E-state index in [0.717, 1.165) is 44.9 Å². The molecule has 1 heterocycles. The molecule has 0 aromatic carbocycles. The molecule has 3 fully saturated rings. The maximum Gasteiger partial charge on any atom is 0.407 e. The van der Waals surface area contributed by atoms with Crippen LogP contribution in [0.4, 0.5) is 9.59 Å². The van der Waals surface area contributed by atoms with Crippen molar-refractivity contribution in [3.8, 4) is 0 Å². The number of Topliss-reactive ketones (excluding diaryl/α,β-unsaturated/α-hetero) is 1. The standard InChI is InChI=1S/C37H62N6O6/c1-10-13-19-26(31(44)32(45)39-20-11-2)40-23(4)30-28-25(37(28,8)9)21-43(30)33(46)29(24-17-15-14-16-18-24)42-34(47)41-27(36(5,6)7)22-49-35(48)38-12-3/h11,24-30,40H,2,4,10,12-22H2,1,3,5-9H3,(H,38,48)(H,39,45)(H2,41,42,47)/t25-,26?,27?,28-,29?,30?/m0/s1. The average Bonchev–Trinajstić information content (AvgIpc) is 3.36. The fraction of sp³-hybridized carbons (Fsp3) is 0.757. The van der Waals surface area contributed by atoms with E-state index in [1.807, 2.05) is 32.6 Å². The number of nitrogens with zero attached hydrogens (tertiary/aromatic N) is 1. The third-order valence-corrected chi connectivity index (χ3v) is 10.7. The van der Waals surface area contributed by atoms with Gasteiger partial charge in [-0.3, -0.25) is 14.4 Å². The van der Waals surface area contributed by atoms with Crippen molar-refractivity contribution in [2.24, 2.45) is 28.6 Å². The van der Waals surface area contributed by atoms with Gasteiger partial charge in [-0.15, -0.1) is 6.58 Å². The number of urea groups is 1. The lowest BCUT2D eigenvalue weighted by molar-refractivity contribution is -0.139. The summed E-state index contributed by atoms with van der Waals surface area (Å²) in [5, 5.41) is 14.5. The highest BCUT2D eigenvalue weighted by Crippen LogP contribution is 2.65. The molecule has 0 aromatic heterocycles. The summed E-state index contributed by atoms with van der Waals surface area (Å²) in [6.45, 7) is 23.1. The average molecular weight is 687 g/mol. The zero-order chi connectivity index (χ0) is 36.5. The first kappa shape index (κ1) is 39.9. The number of unbranched alkanes of at least 4 members (excludes halogenated alkanes) is 1. The van der Waals surface area contributed by atoms with Crippen LogP contribution in [-0.2, 0) is 19.1 Å². The summed E-state index contributed by atoms with van der Waals surface area (Å²) in [5.41, 5.74) is 0.0872. The summed E-state index contributed by atoms with van der Waals surface area (Å²) < 4.78 is 5.37. The van der Waals surface area contributed by atoms with Crippen molar-refractivity contribution in [2.45, 2.75) is 124 Å². The Bertz CT molecular complexity index is 1220. The van der Waals surface area contributed by atoms with E-state index in [9.17, 15) is 24.0 Å². The van der Waals surface area contributed by atoms with E-state index in [1.165, 1.54) is 6.08 Å². The van der Waals surface area contributed by atoms with Crippen molar-refractivity contribution in [2.75, 3.05) is 26.2 Å². The van der Waals surface area contributed by atoms with Gasteiger partial charge in [0.1, 0.15) is 12.6 Å². The molecule has 0 bridgehead atoms. The minimum atomic E-state index is -0.774. The molecule has 2 saturated carbocycles. The van der Waals surface area contributed by atoms with Gasteiger partial charge in [-0.25, -0.2) is 9.59 Å². The van der Waals surface area contributed by atoms with Gasteiger partial charge >= 0.3 is 12.1 Å². The van der Waals surface area contributed by atoms with Crippen molar-refractivity contribution < 1.29 is 28.7 Å². The van der Waals surface area contributed by atoms with Gasteiger partial charge in [-0.2, -0.15) is 0 Å². The zero-order valence-corrected chi connectivity index (χ0v) is 30.9. The van der Waals surface area contributed by atoms with Crippen LogP contribution in [0.1, 0.15) is 99.8 Å². The van der Waals surface area contributed by atoms with Gasteiger partial charge in [-0.1, -0.05) is 86.3 Å². The minimum Gasteiger partial charge on any atom is -0.447 e. The van der Waals surface area contributed by atoms with Gasteiger partial charge in [0.15, 0.2) is 0 Å². The molecule has 49 heavy (non-hydrogen) atoms. The first-order valence-electron chi connectivity index (χ1n) is 18.2. The fourth-order valence-corrected chi connectivity index (χ4v) is 7.54. The first-order chi connectivity index (χ1) is 23.1. The summed E-state index contributed by atoms with van der Waals surface area (Å²) in [7, 11) is 0. The van der Waals surface area contributed by atoms with Crippen molar-refractivity contribution in [3.63, 3.8) is 0 Å². The number of likely N-dealkylation sites (tertiary alicyclic amines) is 1. The van der Waals surface area contributed by atoms with E-state index in [4.69, 9.17) is 4.74 Å². The third-order valence-electron chi connectivity index (χ3n) is 10.7. The Balaban J connectivity index is 1.84. The van der Waals surface area contributed by atoms with Crippen molar-refractivity contribution >= 4 is 29.7 Å². The number of ether oxygens (including phenoxy) is 1. The molecule has 2 aliphatic carbocycles. The molecule has 12 nitrogen and oxygen atoms in total. The molecule has 5 N–H and O–H groups in total. The number of carbonyl (C=O) groups excluding carboxylic acids is 5. The van der Waals surface area contributed by atoms with E-state index >= 15 is 0 Å². The Morgan fingerprint density at radius 3 is 2.27 bits per heavy atom. The van der Waals surface area contributed by atoms with Crippen LogP contribution in [0, 0.1) is 28.6 Å². The smallest absolute Gasteiger partial charge is 0.407 e. The summed E-state index contributed by atoms with van der Waals surface area (Å²) in [6.07, 6.45) is 7.71. The molecule has 6 atom stereocenters. The predicted molar refractivity (Wildman–Crippen MR) is 190 cm³/mol. The van der Waals surface area contributed by atoms with Gasteiger partial charge in [0.2, 0.25) is 11.7 Å². The number of ketones is 1. The van der Waals surface area contributed by atoms with Crippen LogP contribution >= 0.6 is 0 Å². The third kappa shape index (κ3) is 10.2. The Labute approximate surface area is 293 Å². The number of carbonyl (C=O) groups is 5. The Kier molecular flexibility index (Phi) is 14.1. The van der Waals surface area contributed by atoms with E-state index < -0.39 is 53.4 Å². The molecule has 3 rings (SSSR count). The first-order valence-corrected chi connectivity index (χ1v) is 18.2. The summed E-state index contributed by atoms with van der Waals surface area (Å²) in [4.78, 5) is 68.0. The molecule has 0 radical (unpaired) electrons. The normalized spacial score (nSPS) is 23.2. The van der Waals surface area contributed by atoms with Crippen LogP contribution in [-0.4, -0.2) is 85.0 Å². The number of piperidine rings is 1. The van der Waals surface area contributed by atoms with Gasteiger partial charge in [0.25, 0.3) is 5.91 Å². The lowest BCUT2D eigenvalue weighted by Gasteiger charge is -2.39. The monoisotopic (exact) mass is 686 g/mol. The van der Waals surface area contributed by atoms with Crippen molar-refractivity contribution in [1.29, 1.82) is 0 Å². The van der Waals surface area contributed by atoms with E-state index in [0.29, 0.717) is 25.2 Å². The highest BCUT2D eigenvalue weighted by Gasteiger charge is 2.68. The topological polar surface area (TPSA) is 158 Å². The Morgan fingerprint density at radius 2 is 1.67 bits per heavy atom. The number of fused-ring (bicyclic) bond motifs is 1. The van der Waals surface area contributed by atoms with Crippen LogP contribution in [0.5, 0.6) is 0 Å². The SMILES string of the molecule is C=CCNC(=O)C(=O)C(CCCC)NC(=C)C1[C@@H]2[C@H](CN1C(=O)C(NC(=O)NC(COC(=O)NCC)C(C)(C)C)C1CCCCC1)C2(C)C. The molecule has 276 valence electrons. The molecule has 1 saturated heterocycles. The van der Waals surface area contributed by atoms with Crippen molar-refractivity contribution in [3.05, 3.63) is 24.9 Å². The van der Waals surface area contributed by atoms with Crippen LogP contribution in [0.25, 0.3) is 0 Å². The van der Waals surface area contributed by atoms with E-state index in [-0.39, 0.29) is 42.2 Å². The summed E-state index contributed by atoms with van der Waals surface area (Å²) >= 11 is 0. The lowest BCUT2D eigenvalue weighted by Crippen LogP contribution is -2.60. The number of hydrogen-bond donors (Lipinski definition) is 5. The fourth-order valence-electron chi connectivity index (χ4n) is 7.54. The van der Waals surface area contributed by atoms with Crippen molar-refractivity contribution in [1.82, 2.24) is 31.5 Å². The van der Waals surface area contributed by atoms with Gasteiger partial charge in [0, 0.05) is 25.3 Å². The molecule has 1 aliphatic heterocycles. The second kappa shape index (κ2) is 17.4. The molecule has 0 spiro atoms. The van der Waals surface area contributed by atoms with Crippen LogP contribution in [0.15, 0.2) is 24.9 Å². The second-order valence-electron chi connectivity index (χ2n) is 15.7. The summed E-state index contributed by atoms with van der Waals surface area (Å²) in [6, 6.07) is -2.93. The number of rotatable bonds is 17. The molecule has 0 aromatic rings. The summed E-state index contributed by atoms with van der Waals surface area (Å²) in [5.74, 6) is -1.07. The van der Waals surface area contributed by atoms with E-state index in [2.05, 4.69) is 53.6 Å². The number of nitrogens with one attached hydrogen (secondary N) is 5. The van der Waals surface area contributed by atoms with Gasteiger partial charge < -0.3 is 36.2 Å². The minimum absolute atomic E-state index is 0.0214. The number of alkyl carbamates (subject to hydrolysis) is 1. The largest absolute Gasteiger partial charge is 0.447 e. The molecule has 4 unspecified atom stereocenters. The highest BCUT2D eigenvalue weighted by molar-refractivity contribution is 6.38. The van der Waals surface area contributed by atoms with Crippen LogP contribution in [0.3, 0.4) is 0 Å². The molecule has 3 aliphatic rings.